The number of rotatable bonds is 1. The second-order valence-corrected chi connectivity index (χ2v) is 3.40. The standard InChI is InChI=1S/C9H12N2O/c12-8-6-10-9(11-8)7-4-2-1-3-5-7/h6-7H,1-5H2. The van der Waals surface area contributed by atoms with Gasteiger partial charge in [-0.05, 0) is 12.8 Å². The maximum atomic E-state index is 10.8. The van der Waals surface area contributed by atoms with Gasteiger partial charge in [0.2, 0.25) is 0 Å². The van der Waals surface area contributed by atoms with E-state index >= 15 is 0 Å². The smallest absolute Gasteiger partial charge is 0.266 e. The van der Waals surface area contributed by atoms with Crippen LogP contribution in [0.3, 0.4) is 0 Å². The lowest BCUT2D eigenvalue weighted by atomic mass is 9.88. The molecule has 2 rings (SSSR count). The Kier molecular flexibility index (Phi) is 2.02. The van der Waals surface area contributed by atoms with Crippen molar-refractivity contribution in [1.29, 1.82) is 0 Å². The van der Waals surface area contributed by atoms with Gasteiger partial charge in [0.25, 0.3) is 5.91 Å². The first kappa shape index (κ1) is 7.65. The summed E-state index contributed by atoms with van der Waals surface area (Å²) in [7, 11) is 0. The number of amidine groups is 1. The van der Waals surface area contributed by atoms with Crippen molar-refractivity contribution >= 4 is 18.0 Å². The lowest BCUT2D eigenvalue weighted by molar-refractivity contribution is -0.111. The van der Waals surface area contributed by atoms with Crippen LogP contribution in [0.5, 0.6) is 0 Å². The molecule has 0 unspecified atom stereocenters. The molecule has 12 heavy (non-hydrogen) atoms. The zero-order valence-corrected chi connectivity index (χ0v) is 6.99. The zero-order valence-electron chi connectivity index (χ0n) is 6.99. The van der Waals surface area contributed by atoms with E-state index in [0.717, 1.165) is 18.7 Å². The maximum Gasteiger partial charge on any atom is 0.289 e. The van der Waals surface area contributed by atoms with E-state index in [1.807, 2.05) is 0 Å². The van der Waals surface area contributed by atoms with Crippen molar-refractivity contribution in [3.63, 3.8) is 0 Å². The van der Waals surface area contributed by atoms with Crippen molar-refractivity contribution in [2.75, 3.05) is 0 Å². The van der Waals surface area contributed by atoms with Crippen molar-refractivity contribution in [3.05, 3.63) is 0 Å². The highest BCUT2D eigenvalue weighted by molar-refractivity contribution is 6.35. The molecule has 0 aromatic heterocycles. The molecule has 0 spiro atoms. The predicted octanol–water partition coefficient (Wildman–Crippen LogP) is 1.58. The maximum absolute atomic E-state index is 10.8. The van der Waals surface area contributed by atoms with Crippen LogP contribution in [0.4, 0.5) is 0 Å². The van der Waals surface area contributed by atoms with Crippen LogP contribution in [-0.2, 0) is 4.79 Å². The number of nitrogens with zero attached hydrogens (tertiary/aromatic N) is 2. The summed E-state index contributed by atoms with van der Waals surface area (Å²) < 4.78 is 0. The van der Waals surface area contributed by atoms with E-state index in [1.54, 1.807) is 0 Å². The van der Waals surface area contributed by atoms with Gasteiger partial charge in [-0.15, -0.1) is 0 Å². The average Bonchev–Trinajstić information content (AvgIpc) is 2.54. The van der Waals surface area contributed by atoms with Crippen molar-refractivity contribution < 1.29 is 4.79 Å². The fourth-order valence-corrected chi connectivity index (χ4v) is 1.85. The molecule has 0 bridgehead atoms. The van der Waals surface area contributed by atoms with Crippen molar-refractivity contribution in [2.45, 2.75) is 32.1 Å². The third-order valence-electron chi connectivity index (χ3n) is 2.50. The first-order valence-electron chi connectivity index (χ1n) is 4.53. The van der Waals surface area contributed by atoms with Crippen molar-refractivity contribution in [2.24, 2.45) is 15.9 Å². The van der Waals surface area contributed by atoms with Gasteiger partial charge in [0.15, 0.2) is 0 Å². The molecule has 0 N–H and O–H groups in total. The number of aliphatic imine (C=N–C) groups is 2. The number of hydrogen-bond acceptors (Lipinski definition) is 2. The SMILES string of the molecule is O=C1C=NC(C2CCCCC2)=N1. The molecule has 3 heteroatoms. The monoisotopic (exact) mass is 164 g/mol. The Hall–Kier alpha value is -0.990. The Labute approximate surface area is 71.6 Å². The quantitative estimate of drug-likeness (QED) is 0.580. The highest BCUT2D eigenvalue weighted by Crippen LogP contribution is 2.26. The molecular weight excluding hydrogens is 152 g/mol. The Morgan fingerprint density at radius 1 is 1.25 bits per heavy atom. The van der Waals surface area contributed by atoms with E-state index in [-0.39, 0.29) is 5.91 Å². The van der Waals surface area contributed by atoms with E-state index < -0.39 is 0 Å². The first-order valence-corrected chi connectivity index (χ1v) is 4.53. The predicted molar refractivity (Wildman–Crippen MR) is 47.5 cm³/mol. The van der Waals surface area contributed by atoms with E-state index in [0.29, 0.717) is 5.92 Å². The van der Waals surface area contributed by atoms with E-state index in [4.69, 9.17) is 0 Å². The van der Waals surface area contributed by atoms with Gasteiger partial charge in [0, 0.05) is 5.92 Å². The highest BCUT2D eigenvalue weighted by Gasteiger charge is 2.21. The molecule has 1 aliphatic heterocycles. The molecule has 2 aliphatic rings. The summed E-state index contributed by atoms with van der Waals surface area (Å²) in [5.74, 6) is 1.05. The van der Waals surface area contributed by atoms with Gasteiger partial charge in [-0.1, -0.05) is 19.3 Å². The van der Waals surface area contributed by atoms with Gasteiger partial charge < -0.3 is 0 Å². The lowest BCUT2D eigenvalue weighted by Crippen LogP contribution is -2.14. The molecule has 1 heterocycles. The average molecular weight is 164 g/mol. The second kappa shape index (κ2) is 3.17. The molecule has 1 fully saturated rings. The van der Waals surface area contributed by atoms with Crippen LogP contribution in [0.15, 0.2) is 9.98 Å². The molecule has 0 radical (unpaired) electrons. The Balaban J connectivity index is 2.04. The third-order valence-corrected chi connectivity index (χ3v) is 2.50. The fraction of sp³-hybridized carbons (Fsp3) is 0.667. The van der Waals surface area contributed by atoms with E-state index in [1.165, 1.54) is 25.5 Å². The molecule has 1 aliphatic carbocycles. The Bertz CT molecular complexity index is 249. The summed E-state index contributed by atoms with van der Waals surface area (Å²) in [4.78, 5) is 18.6. The number of carbonyl (C=O) groups is 1. The lowest BCUT2D eigenvalue weighted by Gasteiger charge is -2.19. The molecule has 3 nitrogen and oxygen atoms in total. The van der Waals surface area contributed by atoms with Crippen LogP contribution in [0.25, 0.3) is 0 Å². The third kappa shape index (κ3) is 1.44. The van der Waals surface area contributed by atoms with Crippen LogP contribution in [-0.4, -0.2) is 18.0 Å². The molecule has 1 saturated carbocycles. The molecule has 64 valence electrons. The van der Waals surface area contributed by atoms with Crippen molar-refractivity contribution in [3.8, 4) is 0 Å². The Morgan fingerprint density at radius 2 is 2.00 bits per heavy atom. The van der Waals surface area contributed by atoms with Gasteiger partial charge in [0.1, 0.15) is 5.84 Å². The summed E-state index contributed by atoms with van der Waals surface area (Å²) in [6, 6.07) is 0. The van der Waals surface area contributed by atoms with E-state index in [9.17, 15) is 4.79 Å². The van der Waals surface area contributed by atoms with Crippen molar-refractivity contribution in [1.82, 2.24) is 0 Å². The minimum absolute atomic E-state index is 0.185. The molecular formula is C9H12N2O. The van der Waals surface area contributed by atoms with Crippen LogP contribution in [0.1, 0.15) is 32.1 Å². The molecule has 1 amide bonds. The van der Waals surface area contributed by atoms with Crippen LogP contribution >= 0.6 is 0 Å². The minimum Gasteiger partial charge on any atom is -0.266 e. The normalized spacial score (nSPS) is 24.7. The van der Waals surface area contributed by atoms with Gasteiger partial charge in [0.05, 0.1) is 6.21 Å². The summed E-state index contributed by atoms with van der Waals surface area (Å²) >= 11 is 0. The largest absolute Gasteiger partial charge is 0.289 e. The summed E-state index contributed by atoms with van der Waals surface area (Å²) in [5, 5.41) is 0. The molecule has 0 aromatic carbocycles. The van der Waals surface area contributed by atoms with Gasteiger partial charge in [-0.3, -0.25) is 4.79 Å². The van der Waals surface area contributed by atoms with Gasteiger partial charge in [-0.25, -0.2) is 4.99 Å². The summed E-state index contributed by atoms with van der Waals surface area (Å²) in [5.41, 5.74) is 0. The molecule has 0 atom stereocenters. The second-order valence-electron chi connectivity index (χ2n) is 3.40. The summed E-state index contributed by atoms with van der Waals surface area (Å²) in [6.45, 7) is 0. The number of amides is 1. The Morgan fingerprint density at radius 3 is 2.58 bits per heavy atom. The fourth-order valence-electron chi connectivity index (χ4n) is 1.85. The topological polar surface area (TPSA) is 41.8 Å². The minimum atomic E-state index is -0.185. The van der Waals surface area contributed by atoms with E-state index in [2.05, 4.69) is 9.98 Å². The zero-order chi connectivity index (χ0) is 8.39. The number of hydrogen-bond donors (Lipinski definition) is 0. The number of carbonyl (C=O) groups excluding carboxylic acids is 1. The first-order chi connectivity index (χ1) is 5.86. The van der Waals surface area contributed by atoms with Crippen LogP contribution in [0.2, 0.25) is 0 Å². The van der Waals surface area contributed by atoms with Gasteiger partial charge >= 0.3 is 0 Å². The van der Waals surface area contributed by atoms with Crippen LogP contribution in [0, 0.1) is 5.92 Å². The van der Waals surface area contributed by atoms with Gasteiger partial charge in [-0.2, -0.15) is 4.99 Å². The molecule has 0 aromatic rings. The summed E-state index contributed by atoms with van der Waals surface area (Å²) in [6.07, 6.45) is 7.47. The van der Waals surface area contributed by atoms with Crippen LogP contribution < -0.4 is 0 Å². The molecule has 0 saturated heterocycles. The highest BCUT2D eigenvalue weighted by atomic mass is 16.1.